The molecule has 3 nitrogen and oxygen atoms in total. The Morgan fingerprint density at radius 1 is 1.47 bits per heavy atom. The number of ether oxygens (including phenoxy) is 1. The van der Waals surface area contributed by atoms with E-state index < -0.39 is 0 Å². The minimum atomic E-state index is 0.178. The van der Waals surface area contributed by atoms with Gasteiger partial charge in [0, 0.05) is 25.0 Å². The van der Waals surface area contributed by atoms with E-state index in [9.17, 15) is 0 Å². The summed E-state index contributed by atoms with van der Waals surface area (Å²) in [5.41, 5.74) is 0.178. The van der Waals surface area contributed by atoms with Crippen LogP contribution >= 0.6 is 11.8 Å². The van der Waals surface area contributed by atoms with Crippen molar-refractivity contribution in [1.82, 2.24) is 5.32 Å². The number of aliphatic hydroxyl groups is 1. The minimum Gasteiger partial charge on any atom is -0.396 e. The zero-order chi connectivity index (χ0) is 13.6. The SMILES string of the molecule is CCCC(CCO)CNC1CCOC2(CCSC2)C1. The van der Waals surface area contributed by atoms with Crippen LogP contribution in [0.15, 0.2) is 0 Å². The molecule has 0 saturated carbocycles. The smallest absolute Gasteiger partial charge is 0.0795 e. The molecule has 3 atom stereocenters. The van der Waals surface area contributed by atoms with Crippen molar-refractivity contribution in [2.75, 3.05) is 31.3 Å². The molecule has 0 bridgehead atoms. The van der Waals surface area contributed by atoms with Gasteiger partial charge in [0.2, 0.25) is 0 Å². The van der Waals surface area contributed by atoms with Crippen molar-refractivity contribution in [2.45, 2.75) is 57.1 Å². The highest BCUT2D eigenvalue weighted by atomic mass is 32.2. The Balaban J connectivity index is 1.75. The number of thioether (sulfide) groups is 1. The molecular weight excluding hydrogens is 258 g/mol. The molecule has 0 radical (unpaired) electrons. The maximum Gasteiger partial charge on any atom is 0.0795 e. The molecule has 0 amide bonds. The van der Waals surface area contributed by atoms with Crippen molar-refractivity contribution in [3.05, 3.63) is 0 Å². The molecule has 2 N–H and O–H groups in total. The van der Waals surface area contributed by atoms with Crippen LogP contribution in [0.4, 0.5) is 0 Å². The van der Waals surface area contributed by atoms with E-state index in [4.69, 9.17) is 9.84 Å². The van der Waals surface area contributed by atoms with E-state index in [0.717, 1.165) is 26.0 Å². The minimum absolute atomic E-state index is 0.178. The normalized spacial score (nSPS) is 32.8. The molecule has 0 aromatic rings. The van der Waals surface area contributed by atoms with Gasteiger partial charge in [0.05, 0.1) is 5.60 Å². The molecule has 2 fully saturated rings. The molecule has 2 heterocycles. The number of rotatable bonds is 7. The van der Waals surface area contributed by atoms with Crippen molar-refractivity contribution >= 4 is 11.8 Å². The topological polar surface area (TPSA) is 41.5 Å². The molecule has 4 heteroatoms. The van der Waals surface area contributed by atoms with Crippen LogP contribution in [0.25, 0.3) is 0 Å². The Morgan fingerprint density at radius 2 is 2.37 bits per heavy atom. The summed E-state index contributed by atoms with van der Waals surface area (Å²) in [5, 5.41) is 12.9. The molecule has 19 heavy (non-hydrogen) atoms. The summed E-state index contributed by atoms with van der Waals surface area (Å²) in [7, 11) is 0. The number of nitrogens with one attached hydrogen (secondary N) is 1. The second kappa shape index (κ2) is 7.87. The zero-order valence-corrected chi connectivity index (χ0v) is 13.0. The van der Waals surface area contributed by atoms with Gasteiger partial charge in [-0.05, 0) is 50.3 Å². The summed E-state index contributed by atoms with van der Waals surface area (Å²) in [6.45, 7) is 4.52. The van der Waals surface area contributed by atoms with Gasteiger partial charge >= 0.3 is 0 Å². The van der Waals surface area contributed by atoms with Crippen molar-refractivity contribution in [2.24, 2.45) is 5.92 Å². The fraction of sp³-hybridized carbons (Fsp3) is 1.00. The Morgan fingerprint density at radius 3 is 3.05 bits per heavy atom. The van der Waals surface area contributed by atoms with Gasteiger partial charge in [0.25, 0.3) is 0 Å². The highest BCUT2D eigenvalue weighted by Gasteiger charge is 2.40. The van der Waals surface area contributed by atoms with Gasteiger partial charge in [0.1, 0.15) is 0 Å². The Hall–Kier alpha value is 0.230. The van der Waals surface area contributed by atoms with Crippen LogP contribution in [0, 0.1) is 5.92 Å². The van der Waals surface area contributed by atoms with E-state index in [-0.39, 0.29) is 5.60 Å². The van der Waals surface area contributed by atoms with Gasteiger partial charge in [0.15, 0.2) is 0 Å². The molecule has 2 aliphatic heterocycles. The lowest BCUT2D eigenvalue weighted by atomic mass is 9.89. The average molecular weight is 287 g/mol. The molecule has 3 unspecified atom stereocenters. The van der Waals surface area contributed by atoms with E-state index in [1.54, 1.807) is 0 Å². The predicted octanol–water partition coefficient (Wildman–Crippen LogP) is 2.43. The molecule has 0 aromatic heterocycles. The zero-order valence-electron chi connectivity index (χ0n) is 12.2. The van der Waals surface area contributed by atoms with Crippen LogP contribution in [-0.2, 0) is 4.74 Å². The quantitative estimate of drug-likeness (QED) is 0.754. The third-order valence-corrected chi connectivity index (χ3v) is 5.71. The molecule has 1 spiro atoms. The highest BCUT2D eigenvalue weighted by Crippen LogP contribution is 2.38. The van der Waals surface area contributed by atoms with Crippen LogP contribution in [0.5, 0.6) is 0 Å². The van der Waals surface area contributed by atoms with Crippen molar-refractivity contribution < 1.29 is 9.84 Å². The molecule has 112 valence electrons. The van der Waals surface area contributed by atoms with Crippen molar-refractivity contribution in [1.29, 1.82) is 0 Å². The first-order chi connectivity index (χ1) is 9.28. The summed E-state index contributed by atoms with van der Waals surface area (Å²) in [6, 6.07) is 0.616. The maximum atomic E-state index is 9.12. The fourth-order valence-corrected chi connectivity index (χ4v) is 4.72. The van der Waals surface area contributed by atoms with Gasteiger partial charge < -0.3 is 15.2 Å². The van der Waals surface area contributed by atoms with Crippen molar-refractivity contribution in [3.8, 4) is 0 Å². The van der Waals surface area contributed by atoms with E-state index in [2.05, 4.69) is 12.2 Å². The van der Waals surface area contributed by atoms with Crippen LogP contribution in [0.2, 0.25) is 0 Å². The summed E-state index contributed by atoms with van der Waals surface area (Å²) in [6.07, 6.45) is 6.91. The Bertz CT molecular complexity index is 251. The molecule has 0 aliphatic carbocycles. The summed E-state index contributed by atoms with van der Waals surface area (Å²) >= 11 is 2.04. The third kappa shape index (κ3) is 4.62. The van der Waals surface area contributed by atoms with Gasteiger partial charge in [-0.3, -0.25) is 0 Å². The fourth-order valence-electron chi connectivity index (χ4n) is 3.34. The van der Waals surface area contributed by atoms with Crippen molar-refractivity contribution in [3.63, 3.8) is 0 Å². The first-order valence-electron chi connectivity index (χ1n) is 7.84. The molecule has 2 saturated heterocycles. The largest absolute Gasteiger partial charge is 0.396 e. The highest BCUT2D eigenvalue weighted by molar-refractivity contribution is 7.99. The van der Waals surface area contributed by atoms with Crippen LogP contribution in [0.3, 0.4) is 0 Å². The molecular formula is C15H29NO2S. The Kier molecular flexibility index (Phi) is 6.46. The van der Waals surface area contributed by atoms with Crippen LogP contribution in [-0.4, -0.2) is 48.0 Å². The van der Waals surface area contributed by atoms with E-state index in [1.165, 1.54) is 37.2 Å². The average Bonchev–Trinajstić information content (AvgIpc) is 2.85. The monoisotopic (exact) mass is 287 g/mol. The van der Waals surface area contributed by atoms with Gasteiger partial charge in [-0.15, -0.1) is 0 Å². The van der Waals surface area contributed by atoms with Crippen LogP contribution in [0.1, 0.15) is 45.4 Å². The lowest BCUT2D eigenvalue weighted by molar-refractivity contribution is -0.0705. The second-order valence-corrected chi connectivity index (χ2v) is 7.20. The molecule has 2 rings (SSSR count). The predicted molar refractivity (Wildman–Crippen MR) is 81.8 cm³/mol. The van der Waals surface area contributed by atoms with Gasteiger partial charge in [-0.1, -0.05) is 13.3 Å². The number of aliphatic hydroxyl groups excluding tert-OH is 1. The van der Waals surface area contributed by atoms with E-state index >= 15 is 0 Å². The van der Waals surface area contributed by atoms with Gasteiger partial charge in [-0.25, -0.2) is 0 Å². The third-order valence-electron chi connectivity index (χ3n) is 4.49. The summed E-state index contributed by atoms with van der Waals surface area (Å²) in [4.78, 5) is 0. The summed E-state index contributed by atoms with van der Waals surface area (Å²) in [5.74, 6) is 3.07. The first-order valence-corrected chi connectivity index (χ1v) is 8.99. The lowest BCUT2D eigenvalue weighted by Gasteiger charge is -2.38. The Labute approximate surface area is 121 Å². The lowest BCUT2D eigenvalue weighted by Crippen LogP contribution is -2.48. The second-order valence-electron chi connectivity index (χ2n) is 6.10. The molecule has 2 aliphatic rings. The van der Waals surface area contributed by atoms with Crippen LogP contribution < -0.4 is 5.32 Å². The summed E-state index contributed by atoms with van der Waals surface area (Å²) < 4.78 is 6.06. The standard InChI is InChI=1S/C15H29NO2S/c1-2-3-13(4-7-17)11-16-14-5-8-18-15(10-14)6-9-19-12-15/h13-14,16-17H,2-12H2,1H3. The molecule has 0 aromatic carbocycles. The van der Waals surface area contributed by atoms with Gasteiger partial charge in [-0.2, -0.15) is 11.8 Å². The van der Waals surface area contributed by atoms with E-state index in [0.29, 0.717) is 18.6 Å². The number of hydrogen-bond acceptors (Lipinski definition) is 4. The van der Waals surface area contributed by atoms with E-state index in [1.807, 2.05) is 11.8 Å². The first kappa shape index (κ1) is 15.6. The number of hydrogen-bond donors (Lipinski definition) is 2. The maximum absolute atomic E-state index is 9.12.